The summed E-state index contributed by atoms with van der Waals surface area (Å²) in [5.74, 6) is -0.503. The molecule has 0 saturated carbocycles. The molecule has 2 fully saturated rings. The first-order chi connectivity index (χ1) is 20.7. The van der Waals surface area contributed by atoms with Crippen molar-refractivity contribution in [1.29, 1.82) is 0 Å². The van der Waals surface area contributed by atoms with Gasteiger partial charge in [0.15, 0.2) is 17.9 Å². The van der Waals surface area contributed by atoms with Crippen molar-refractivity contribution in [2.75, 3.05) is 6.61 Å². The van der Waals surface area contributed by atoms with E-state index in [1.807, 2.05) is 30.3 Å². The van der Waals surface area contributed by atoms with Gasteiger partial charge in [0.25, 0.3) is 0 Å². The maximum Gasteiger partial charge on any atom is 0.573 e. The van der Waals surface area contributed by atoms with Crippen LogP contribution in [0.5, 0.6) is 5.75 Å². The fraction of sp³-hybridized carbons (Fsp3) is 0.464. The third-order valence-electron chi connectivity index (χ3n) is 6.59. The minimum absolute atomic E-state index is 0.00475. The number of carbonyl (C=O) groups is 1. The van der Waals surface area contributed by atoms with Crippen molar-refractivity contribution in [1.82, 2.24) is 25.6 Å². The predicted molar refractivity (Wildman–Crippen MR) is 148 cm³/mol. The lowest BCUT2D eigenvalue weighted by Gasteiger charge is -2.48. The summed E-state index contributed by atoms with van der Waals surface area (Å²) in [4.78, 5) is 16.9. The molecule has 3 N–H and O–H groups in total. The molecular weight excluding hydrogens is 611 g/mol. The smallest absolute Gasteiger partial charge is 0.443 e. The molecule has 2 aliphatic heterocycles. The number of aryl methyl sites for hydroxylation is 1. The maximum absolute atomic E-state index is 13.3. The number of aromatic nitrogens is 3. The second-order valence-corrected chi connectivity index (χ2v) is 11.6. The molecule has 3 aromatic rings. The number of ether oxygens (including phenoxy) is 5. The van der Waals surface area contributed by atoms with E-state index in [1.165, 1.54) is 19.1 Å². The van der Waals surface area contributed by atoms with Crippen molar-refractivity contribution < 1.29 is 46.8 Å². The molecular formula is C28H31ClF3N5O7. The number of nitrogens with one attached hydrogen (secondary N) is 2. The molecule has 2 aliphatic rings. The minimum Gasteiger partial charge on any atom is -0.443 e. The number of alkyl halides is 3. The van der Waals surface area contributed by atoms with Crippen LogP contribution in [0.3, 0.4) is 0 Å². The standard InChI is InChI=1S/C28H31ClF3N5O7/c1-14-33-24(37(36-14)17-12-16(29)10-11-18(17)43-28(30,31)32)23-21(38)20(34-35-26(39)44-27(2,3)4)22-19(41-23)13-40-25(42-22)15-8-6-5-7-9-15/h5-12,19-23,25,34,38H,13H2,1-4H3,(H,35,39)/t19?,20?,21?,22-,23+,25?/m0/s1. The zero-order valence-electron chi connectivity index (χ0n) is 24.0. The second kappa shape index (κ2) is 12.5. The van der Waals surface area contributed by atoms with E-state index < -0.39 is 60.6 Å². The van der Waals surface area contributed by atoms with Gasteiger partial charge in [-0.1, -0.05) is 41.9 Å². The monoisotopic (exact) mass is 641 g/mol. The van der Waals surface area contributed by atoms with Crippen molar-refractivity contribution in [3.63, 3.8) is 0 Å². The van der Waals surface area contributed by atoms with Gasteiger partial charge in [-0.15, -0.1) is 13.2 Å². The first kappa shape index (κ1) is 31.9. The van der Waals surface area contributed by atoms with Crippen LogP contribution in [-0.4, -0.2) is 68.9 Å². The van der Waals surface area contributed by atoms with Crippen LogP contribution in [-0.2, 0) is 18.9 Å². The Kier molecular flexibility index (Phi) is 9.07. The zero-order valence-corrected chi connectivity index (χ0v) is 24.8. The van der Waals surface area contributed by atoms with Gasteiger partial charge in [-0.3, -0.25) is 5.43 Å². The van der Waals surface area contributed by atoms with E-state index in [4.69, 9.17) is 30.5 Å². The molecule has 6 atom stereocenters. The summed E-state index contributed by atoms with van der Waals surface area (Å²) < 4.78 is 68.8. The predicted octanol–water partition coefficient (Wildman–Crippen LogP) is 4.44. The first-order valence-corrected chi connectivity index (χ1v) is 14.0. The number of nitrogens with zero attached hydrogens (tertiary/aromatic N) is 3. The molecule has 2 saturated heterocycles. The molecule has 238 valence electrons. The molecule has 0 radical (unpaired) electrons. The number of aliphatic hydroxyl groups is 1. The summed E-state index contributed by atoms with van der Waals surface area (Å²) in [6.45, 7) is 6.59. The van der Waals surface area contributed by atoms with E-state index in [0.717, 1.165) is 16.3 Å². The summed E-state index contributed by atoms with van der Waals surface area (Å²) in [7, 11) is 0. The normalized spacial score (nSPS) is 25.7. The number of aliphatic hydroxyl groups excluding tert-OH is 1. The van der Waals surface area contributed by atoms with Crippen LogP contribution in [0, 0.1) is 6.92 Å². The highest BCUT2D eigenvalue weighted by Gasteiger charge is 2.51. The van der Waals surface area contributed by atoms with Crippen molar-refractivity contribution in [3.8, 4) is 11.4 Å². The summed E-state index contributed by atoms with van der Waals surface area (Å²) in [6, 6.07) is 11.5. The fourth-order valence-corrected chi connectivity index (χ4v) is 5.07. The Morgan fingerprint density at radius 1 is 1.14 bits per heavy atom. The van der Waals surface area contributed by atoms with Gasteiger partial charge >= 0.3 is 12.5 Å². The molecule has 16 heteroatoms. The molecule has 0 bridgehead atoms. The van der Waals surface area contributed by atoms with E-state index in [0.29, 0.717) is 0 Å². The van der Waals surface area contributed by atoms with Crippen LogP contribution in [0.4, 0.5) is 18.0 Å². The van der Waals surface area contributed by atoms with E-state index in [9.17, 15) is 23.1 Å². The van der Waals surface area contributed by atoms with Gasteiger partial charge in [0, 0.05) is 10.6 Å². The minimum atomic E-state index is -5.01. The molecule has 0 spiro atoms. The molecule has 4 unspecified atom stereocenters. The van der Waals surface area contributed by atoms with E-state index >= 15 is 0 Å². The van der Waals surface area contributed by atoms with Gasteiger partial charge in [-0.2, -0.15) is 5.10 Å². The van der Waals surface area contributed by atoms with Crippen molar-refractivity contribution in [3.05, 3.63) is 70.8 Å². The second-order valence-electron chi connectivity index (χ2n) is 11.1. The van der Waals surface area contributed by atoms with E-state index in [2.05, 4.69) is 25.7 Å². The maximum atomic E-state index is 13.3. The van der Waals surface area contributed by atoms with Crippen LogP contribution >= 0.6 is 11.6 Å². The van der Waals surface area contributed by atoms with E-state index in [1.54, 1.807) is 20.8 Å². The number of hydrogen-bond donors (Lipinski definition) is 3. The average Bonchev–Trinajstić information content (AvgIpc) is 3.32. The van der Waals surface area contributed by atoms with Crippen molar-refractivity contribution >= 4 is 17.7 Å². The van der Waals surface area contributed by atoms with Gasteiger partial charge < -0.3 is 28.8 Å². The zero-order chi connectivity index (χ0) is 31.8. The number of fused-ring (bicyclic) bond motifs is 1. The number of hydrogen-bond acceptors (Lipinski definition) is 10. The molecule has 1 amide bonds. The fourth-order valence-electron chi connectivity index (χ4n) is 4.90. The largest absolute Gasteiger partial charge is 0.573 e. The first-order valence-electron chi connectivity index (χ1n) is 13.6. The summed E-state index contributed by atoms with van der Waals surface area (Å²) >= 11 is 6.13. The van der Waals surface area contributed by atoms with Gasteiger partial charge in [-0.25, -0.2) is 19.9 Å². The van der Waals surface area contributed by atoms with E-state index in [-0.39, 0.29) is 29.0 Å². The van der Waals surface area contributed by atoms with Crippen LogP contribution in [0.25, 0.3) is 5.69 Å². The lowest BCUT2D eigenvalue weighted by atomic mass is 9.91. The number of rotatable bonds is 6. The van der Waals surface area contributed by atoms with Gasteiger partial charge in [0.2, 0.25) is 0 Å². The Bertz CT molecular complexity index is 1470. The average molecular weight is 642 g/mol. The Labute approximate surface area is 255 Å². The Morgan fingerprint density at radius 3 is 2.55 bits per heavy atom. The highest BCUT2D eigenvalue weighted by atomic mass is 35.5. The highest BCUT2D eigenvalue weighted by Crippen LogP contribution is 2.40. The lowest BCUT2D eigenvalue weighted by molar-refractivity contribution is -0.313. The molecule has 2 aromatic carbocycles. The number of amides is 1. The quantitative estimate of drug-likeness (QED) is 0.331. The number of benzene rings is 2. The Morgan fingerprint density at radius 2 is 1.86 bits per heavy atom. The third-order valence-corrected chi connectivity index (χ3v) is 6.83. The Hall–Kier alpha value is -3.47. The summed E-state index contributed by atoms with van der Waals surface area (Å²) in [5, 5.41) is 16.0. The number of hydrazine groups is 1. The van der Waals surface area contributed by atoms with Gasteiger partial charge in [-0.05, 0) is 45.9 Å². The van der Waals surface area contributed by atoms with Crippen LogP contribution in [0.15, 0.2) is 48.5 Å². The van der Waals surface area contributed by atoms with Gasteiger partial charge in [0.05, 0.1) is 12.6 Å². The van der Waals surface area contributed by atoms with Crippen molar-refractivity contribution in [2.45, 2.75) is 76.4 Å². The number of carbonyl (C=O) groups excluding carboxylic acids is 1. The summed E-state index contributed by atoms with van der Waals surface area (Å²) in [6.07, 6.45) is -11.1. The molecule has 44 heavy (non-hydrogen) atoms. The third kappa shape index (κ3) is 7.42. The van der Waals surface area contributed by atoms with Crippen LogP contribution in [0.2, 0.25) is 5.02 Å². The Balaban J connectivity index is 1.49. The van der Waals surface area contributed by atoms with Gasteiger partial charge in [0.1, 0.15) is 41.5 Å². The van der Waals surface area contributed by atoms with Crippen molar-refractivity contribution in [2.24, 2.45) is 0 Å². The molecule has 0 aliphatic carbocycles. The SMILES string of the molecule is Cc1nc([C@@H]2OC3COC(c4ccccc4)O[C@@H]3C(NNC(=O)OC(C)(C)C)C2O)n(-c2cc(Cl)ccc2OC(F)(F)F)n1. The van der Waals surface area contributed by atoms with Crippen LogP contribution < -0.4 is 15.6 Å². The molecule has 5 rings (SSSR count). The topological polar surface area (TPSA) is 138 Å². The molecule has 3 heterocycles. The lowest BCUT2D eigenvalue weighted by Crippen LogP contribution is -2.66. The summed E-state index contributed by atoms with van der Waals surface area (Å²) in [5.41, 5.74) is 4.95. The molecule has 1 aromatic heterocycles. The number of halogens is 4. The highest BCUT2D eigenvalue weighted by molar-refractivity contribution is 6.30. The molecule has 12 nitrogen and oxygen atoms in total. The van der Waals surface area contributed by atoms with Crippen LogP contribution in [0.1, 0.15) is 50.4 Å².